The Kier molecular flexibility index (Phi) is 9.35. The van der Waals surface area contributed by atoms with E-state index in [1.165, 1.54) is 12.1 Å². The van der Waals surface area contributed by atoms with Crippen LogP contribution in [0.1, 0.15) is 37.7 Å². The van der Waals surface area contributed by atoms with Gasteiger partial charge in [-0.25, -0.2) is 0 Å². The van der Waals surface area contributed by atoms with Crippen molar-refractivity contribution in [2.75, 3.05) is 32.7 Å². The van der Waals surface area contributed by atoms with E-state index >= 15 is 0 Å². The second-order valence-corrected chi connectivity index (χ2v) is 7.68. The van der Waals surface area contributed by atoms with E-state index in [9.17, 15) is 18.3 Å². The molecule has 9 heteroatoms. The lowest BCUT2D eigenvalue weighted by molar-refractivity contribution is -0.274. The zero-order valence-electron chi connectivity index (χ0n) is 15.9. The minimum Gasteiger partial charge on any atom is -0.406 e. The quantitative estimate of drug-likeness (QED) is 0.720. The summed E-state index contributed by atoms with van der Waals surface area (Å²) in [5.74, 6) is -0.0441. The molecule has 1 aromatic rings. The van der Waals surface area contributed by atoms with Crippen LogP contribution in [0.4, 0.5) is 13.2 Å². The van der Waals surface area contributed by atoms with Gasteiger partial charge in [-0.05, 0) is 42.9 Å². The van der Waals surface area contributed by atoms with Crippen molar-refractivity contribution in [2.24, 2.45) is 5.92 Å². The molecule has 28 heavy (non-hydrogen) atoms. The van der Waals surface area contributed by atoms with Crippen molar-refractivity contribution in [2.45, 2.75) is 44.1 Å². The predicted molar refractivity (Wildman–Crippen MR) is 108 cm³/mol. The Hall–Kier alpha value is -0.730. The highest BCUT2D eigenvalue weighted by atomic mass is 35.5. The van der Waals surface area contributed by atoms with Crippen LogP contribution in [0.5, 0.6) is 5.75 Å². The third-order valence-electron chi connectivity index (χ3n) is 5.57. The molecule has 0 bridgehead atoms. The Morgan fingerprint density at radius 1 is 1.29 bits per heavy atom. The molecule has 3 rings (SSSR count). The molecule has 1 aliphatic heterocycles. The molecule has 0 amide bonds. The minimum atomic E-state index is -4.72. The van der Waals surface area contributed by atoms with Gasteiger partial charge in [0.2, 0.25) is 0 Å². The van der Waals surface area contributed by atoms with Gasteiger partial charge in [-0.2, -0.15) is 0 Å². The molecule has 2 fully saturated rings. The van der Waals surface area contributed by atoms with Gasteiger partial charge in [0.25, 0.3) is 0 Å². The topological polar surface area (TPSA) is 44.7 Å². The highest BCUT2D eigenvalue weighted by Gasteiger charge is 2.44. The monoisotopic (exact) mass is 444 g/mol. The summed E-state index contributed by atoms with van der Waals surface area (Å²) in [5.41, 5.74) is -0.178. The molecule has 1 saturated heterocycles. The first-order valence-electron chi connectivity index (χ1n) is 9.26. The molecule has 2 unspecified atom stereocenters. The first kappa shape index (κ1) is 25.3. The molecule has 2 aliphatic rings. The molecule has 162 valence electrons. The number of nitrogens with one attached hydrogen (secondary N) is 1. The summed E-state index contributed by atoms with van der Waals surface area (Å²) in [7, 11) is 0. The van der Waals surface area contributed by atoms with Crippen molar-refractivity contribution < 1.29 is 23.0 Å². The fraction of sp³-hybridized carbons (Fsp3) is 0.684. The van der Waals surface area contributed by atoms with E-state index in [1.54, 1.807) is 12.1 Å². The number of ether oxygens (including phenoxy) is 1. The molecule has 1 aliphatic carbocycles. The SMILES string of the molecule is C[C@@H]1CCC(O)(C(CN2CCNCC2)c2cccc(OC(F)(F)F)c2)C1.Cl.Cl. The number of nitrogens with zero attached hydrogens (tertiary/aromatic N) is 1. The van der Waals surface area contributed by atoms with E-state index in [1.807, 2.05) is 0 Å². The van der Waals surface area contributed by atoms with Crippen LogP contribution < -0.4 is 10.1 Å². The molecule has 0 spiro atoms. The maximum Gasteiger partial charge on any atom is 0.573 e. The molecule has 0 radical (unpaired) electrons. The summed E-state index contributed by atoms with van der Waals surface area (Å²) in [5, 5.41) is 14.6. The van der Waals surface area contributed by atoms with Crippen LogP contribution in [0.25, 0.3) is 0 Å². The van der Waals surface area contributed by atoms with Crippen LogP contribution in [0.15, 0.2) is 24.3 Å². The molecular weight excluding hydrogens is 416 g/mol. The van der Waals surface area contributed by atoms with Crippen LogP contribution in [0.3, 0.4) is 0 Å². The highest BCUT2D eigenvalue weighted by molar-refractivity contribution is 5.85. The molecule has 3 atom stereocenters. The van der Waals surface area contributed by atoms with E-state index in [2.05, 4.69) is 21.9 Å². The maximum atomic E-state index is 12.6. The Bertz CT molecular complexity index is 615. The lowest BCUT2D eigenvalue weighted by Crippen LogP contribution is -2.48. The number of halogens is 5. The predicted octanol–water partition coefficient (Wildman–Crippen LogP) is 3.97. The summed E-state index contributed by atoms with van der Waals surface area (Å²) in [4.78, 5) is 2.28. The van der Waals surface area contributed by atoms with Crippen LogP contribution in [-0.4, -0.2) is 54.7 Å². The highest BCUT2D eigenvalue weighted by Crippen LogP contribution is 2.45. The van der Waals surface area contributed by atoms with Gasteiger partial charge in [0, 0.05) is 38.6 Å². The Balaban J connectivity index is 0.00000196. The average molecular weight is 445 g/mol. The fourth-order valence-electron chi connectivity index (χ4n) is 4.29. The van der Waals surface area contributed by atoms with Crippen molar-refractivity contribution in [3.05, 3.63) is 29.8 Å². The summed E-state index contributed by atoms with van der Waals surface area (Å²) < 4.78 is 41.9. The zero-order chi connectivity index (χ0) is 18.8. The van der Waals surface area contributed by atoms with Crippen molar-refractivity contribution in [1.82, 2.24) is 10.2 Å². The lowest BCUT2D eigenvalue weighted by atomic mass is 9.79. The van der Waals surface area contributed by atoms with Crippen LogP contribution in [0.2, 0.25) is 0 Å². The largest absolute Gasteiger partial charge is 0.573 e. The van der Waals surface area contributed by atoms with E-state index < -0.39 is 12.0 Å². The van der Waals surface area contributed by atoms with Gasteiger partial charge in [-0.15, -0.1) is 38.0 Å². The van der Waals surface area contributed by atoms with Crippen molar-refractivity contribution >= 4 is 24.8 Å². The molecule has 1 heterocycles. The summed E-state index contributed by atoms with van der Waals surface area (Å²) >= 11 is 0. The second kappa shape index (κ2) is 10.3. The first-order chi connectivity index (χ1) is 12.3. The zero-order valence-corrected chi connectivity index (χ0v) is 17.5. The van der Waals surface area contributed by atoms with Gasteiger partial charge >= 0.3 is 6.36 Å². The van der Waals surface area contributed by atoms with Gasteiger partial charge in [0.05, 0.1) is 5.60 Å². The molecule has 0 aromatic heterocycles. The van der Waals surface area contributed by atoms with Gasteiger partial charge in [-0.3, -0.25) is 0 Å². The van der Waals surface area contributed by atoms with Crippen molar-refractivity contribution in [3.63, 3.8) is 0 Å². The Morgan fingerprint density at radius 3 is 2.54 bits per heavy atom. The second-order valence-electron chi connectivity index (χ2n) is 7.68. The van der Waals surface area contributed by atoms with E-state index in [4.69, 9.17) is 0 Å². The fourth-order valence-corrected chi connectivity index (χ4v) is 4.29. The number of piperazine rings is 1. The van der Waals surface area contributed by atoms with Crippen LogP contribution >= 0.6 is 24.8 Å². The van der Waals surface area contributed by atoms with Crippen molar-refractivity contribution in [3.8, 4) is 5.75 Å². The smallest absolute Gasteiger partial charge is 0.406 e. The van der Waals surface area contributed by atoms with Gasteiger partial charge in [-0.1, -0.05) is 19.1 Å². The lowest BCUT2D eigenvalue weighted by Gasteiger charge is -2.38. The molecule has 1 aromatic carbocycles. The Morgan fingerprint density at radius 2 is 1.96 bits per heavy atom. The third kappa shape index (κ3) is 6.66. The van der Waals surface area contributed by atoms with E-state index in [0.717, 1.165) is 32.6 Å². The van der Waals surface area contributed by atoms with Gasteiger partial charge < -0.3 is 20.1 Å². The number of hydrogen-bond acceptors (Lipinski definition) is 4. The Labute approximate surface area is 176 Å². The van der Waals surface area contributed by atoms with Crippen LogP contribution in [0, 0.1) is 5.92 Å². The third-order valence-corrected chi connectivity index (χ3v) is 5.57. The summed E-state index contributed by atoms with van der Waals surface area (Å²) in [6.07, 6.45) is -2.43. The van der Waals surface area contributed by atoms with Crippen LogP contribution in [-0.2, 0) is 0 Å². The van der Waals surface area contributed by atoms with E-state index in [0.29, 0.717) is 30.9 Å². The van der Waals surface area contributed by atoms with Gasteiger partial charge in [0.15, 0.2) is 0 Å². The first-order valence-corrected chi connectivity index (χ1v) is 9.26. The molecular formula is C19H29Cl2F3N2O2. The number of hydrogen-bond donors (Lipinski definition) is 2. The molecule has 1 saturated carbocycles. The number of alkyl halides is 3. The minimum absolute atomic E-state index is 0. The molecule has 4 nitrogen and oxygen atoms in total. The standard InChI is InChI=1S/C19H27F3N2O2.2ClH/c1-14-5-6-18(25,12-14)17(13-24-9-7-23-8-10-24)15-3-2-4-16(11-15)26-19(20,21)22;;/h2-4,11,14,17,23,25H,5-10,12-13H2,1H3;2*1H/t14-,17?,18?;;/m1../s1. The number of benzene rings is 1. The van der Waals surface area contributed by atoms with Gasteiger partial charge in [0.1, 0.15) is 5.75 Å². The number of aliphatic hydroxyl groups is 1. The summed E-state index contributed by atoms with van der Waals surface area (Å²) in [6, 6.07) is 6.11. The maximum absolute atomic E-state index is 12.6. The normalized spacial score (nSPS) is 26.8. The summed E-state index contributed by atoms with van der Waals surface area (Å²) in [6.45, 7) is 6.28. The van der Waals surface area contributed by atoms with E-state index in [-0.39, 0.29) is 36.5 Å². The van der Waals surface area contributed by atoms with Crippen molar-refractivity contribution in [1.29, 1.82) is 0 Å². The number of rotatable bonds is 5. The average Bonchev–Trinajstić information content (AvgIpc) is 2.92. The molecule has 2 N–H and O–H groups in total.